The van der Waals surface area contributed by atoms with Crippen molar-refractivity contribution in [1.29, 1.82) is 0 Å². The number of carbonyl (C=O) groups is 1. The first-order valence-electron chi connectivity index (χ1n) is 13.8. The fraction of sp³-hybridized carbons (Fsp3) is 0.483. The standard InChI is InChI=1S/C29H38FN7O3S/c1-18-16-40-28-25(21(30)13-22-26(28)27(37(18)6)24(15-31-22)36(5)17-38)19-12-23(33-41(39)20-8-9-20)29(32-14-19)35(4)11-7-10-34(2)3/h12-15,17-18,20,33H,7-11,16H2,1-6H3. The fourth-order valence-corrected chi connectivity index (χ4v) is 6.16. The third kappa shape index (κ3) is 5.80. The Balaban J connectivity index is 1.66. The first kappa shape index (κ1) is 29.0. The van der Waals surface area contributed by atoms with Gasteiger partial charge in [-0.05, 0) is 52.9 Å². The van der Waals surface area contributed by atoms with Crippen LogP contribution >= 0.6 is 0 Å². The van der Waals surface area contributed by atoms with Gasteiger partial charge in [0.2, 0.25) is 6.41 Å². The molecule has 2 aromatic heterocycles. The van der Waals surface area contributed by atoms with Gasteiger partial charge in [0.15, 0.2) is 5.82 Å². The van der Waals surface area contributed by atoms with Crippen LogP contribution in [0.5, 0.6) is 5.75 Å². The van der Waals surface area contributed by atoms with E-state index in [4.69, 9.17) is 9.72 Å². The zero-order chi connectivity index (χ0) is 29.4. The second-order valence-corrected chi connectivity index (χ2v) is 12.7. The van der Waals surface area contributed by atoms with Crippen LogP contribution in [0.2, 0.25) is 0 Å². The molecule has 12 heteroatoms. The van der Waals surface area contributed by atoms with Gasteiger partial charge in [-0.1, -0.05) is 0 Å². The third-order valence-electron chi connectivity index (χ3n) is 7.69. The molecule has 1 aliphatic heterocycles. The number of aromatic nitrogens is 2. The van der Waals surface area contributed by atoms with E-state index in [0.29, 0.717) is 46.0 Å². The minimum atomic E-state index is -1.27. The maximum absolute atomic E-state index is 16.0. The largest absolute Gasteiger partial charge is 0.490 e. The van der Waals surface area contributed by atoms with Gasteiger partial charge in [-0.3, -0.25) is 9.78 Å². The van der Waals surface area contributed by atoms with Crippen LogP contribution in [0.25, 0.3) is 22.0 Å². The van der Waals surface area contributed by atoms with E-state index in [1.165, 1.54) is 11.0 Å². The predicted octanol–water partition coefficient (Wildman–Crippen LogP) is 3.87. The second kappa shape index (κ2) is 11.8. The molecule has 0 bridgehead atoms. The number of pyridine rings is 2. The molecule has 1 fully saturated rings. The molecule has 1 N–H and O–H groups in total. The summed E-state index contributed by atoms with van der Waals surface area (Å²) in [5.74, 6) is 0.505. The molecular formula is C29H38FN7O3S. The number of nitrogens with zero attached hydrogens (tertiary/aromatic N) is 6. The molecule has 2 unspecified atom stereocenters. The highest BCUT2D eigenvalue weighted by atomic mass is 32.2. The van der Waals surface area contributed by atoms with Gasteiger partial charge in [0.05, 0.1) is 51.0 Å². The number of benzene rings is 1. The third-order valence-corrected chi connectivity index (χ3v) is 9.19. The van der Waals surface area contributed by atoms with Crippen LogP contribution < -0.4 is 24.2 Å². The van der Waals surface area contributed by atoms with Crippen molar-refractivity contribution in [3.63, 3.8) is 0 Å². The maximum atomic E-state index is 16.0. The van der Waals surface area contributed by atoms with Crippen LogP contribution in [0.1, 0.15) is 26.2 Å². The number of ether oxygens (including phenoxy) is 1. The minimum Gasteiger partial charge on any atom is -0.490 e. The molecule has 10 nitrogen and oxygen atoms in total. The highest BCUT2D eigenvalue weighted by molar-refractivity contribution is 7.87. The molecule has 3 aromatic rings. The number of halogens is 1. The first-order chi connectivity index (χ1) is 19.6. The zero-order valence-corrected chi connectivity index (χ0v) is 25.3. The highest BCUT2D eigenvalue weighted by Crippen LogP contribution is 2.48. The van der Waals surface area contributed by atoms with E-state index >= 15 is 4.39 Å². The van der Waals surface area contributed by atoms with Gasteiger partial charge >= 0.3 is 0 Å². The van der Waals surface area contributed by atoms with Crippen LogP contribution in [-0.4, -0.2) is 91.7 Å². The van der Waals surface area contributed by atoms with E-state index in [2.05, 4.69) is 14.6 Å². The normalized spacial score (nSPS) is 17.3. The molecule has 41 heavy (non-hydrogen) atoms. The summed E-state index contributed by atoms with van der Waals surface area (Å²) in [4.78, 5) is 28.6. The van der Waals surface area contributed by atoms with E-state index in [9.17, 15) is 9.00 Å². The van der Waals surface area contributed by atoms with E-state index in [1.54, 1.807) is 19.4 Å². The number of hydrogen-bond donors (Lipinski definition) is 1. The molecule has 1 saturated carbocycles. The molecule has 1 aromatic carbocycles. The lowest BCUT2D eigenvalue weighted by Crippen LogP contribution is -2.33. The molecule has 3 heterocycles. The lowest BCUT2D eigenvalue weighted by molar-refractivity contribution is -0.107. The lowest BCUT2D eigenvalue weighted by Gasteiger charge is -2.28. The van der Waals surface area contributed by atoms with Crippen molar-refractivity contribution in [2.24, 2.45) is 0 Å². The number of carbonyl (C=O) groups excluding carboxylic acids is 1. The number of amides is 1. The minimum absolute atomic E-state index is 0.0581. The van der Waals surface area contributed by atoms with Crippen molar-refractivity contribution < 1.29 is 18.1 Å². The van der Waals surface area contributed by atoms with Crippen LogP contribution in [0, 0.1) is 5.82 Å². The summed E-state index contributed by atoms with van der Waals surface area (Å²) in [6.07, 6.45) is 6.70. The van der Waals surface area contributed by atoms with Crippen molar-refractivity contribution >= 4 is 51.2 Å². The molecule has 1 aliphatic carbocycles. The Morgan fingerprint density at radius 2 is 1.93 bits per heavy atom. The summed E-state index contributed by atoms with van der Waals surface area (Å²) < 4.78 is 38.4. The van der Waals surface area contributed by atoms with Gasteiger partial charge < -0.3 is 29.1 Å². The molecule has 220 valence electrons. The molecule has 0 spiro atoms. The topological polar surface area (TPSA) is 94.1 Å². The van der Waals surface area contributed by atoms with Crippen molar-refractivity contribution in [3.8, 4) is 16.9 Å². The van der Waals surface area contributed by atoms with Gasteiger partial charge in [-0.2, -0.15) is 0 Å². The van der Waals surface area contributed by atoms with Gasteiger partial charge in [0.25, 0.3) is 0 Å². The Labute approximate surface area is 243 Å². The Hall–Kier alpha value is -3.51. The Morgan fingerprint density at radius 1 is 1.17 bits per heavy atom. The van der Waals surface area contributed by atoms with Crippen LogP contribution in [0.4, 0.5) is 27.3 Å². The van der Waals surface area contributed by atoms with Crippen molar-refractivity contribution in [2.75, 3.05) is 74.4 Å². The van der Waals surface area contributed by atoms with E-state index < -0.39 is 16.8 Å². The molecule has 2 aliphatic rings. The molecular weight excluding hydrogens is 545 g/mol. The number of hydrogen-bond acceptors (Lipinski definition) is 8. The summed E-state index contributed by atoms with van der Waals surface area (Å²) in [5, 5.41) is 0.732. The number of nitrogens with one attached hydrogen (secondary N) is 1. The summed E-state index contributed by atoms with van der Waals surface area (Å²) in [5.41, 5.74) is 3.10. The summed E-state index contributed by atoms with van der Waals surface area (Å²) in [6.45, 7) is 3.99. The molecule has 2 atom stereocenters. The fourth-order valence-electron chi connectivity index (χ4n) is 5.06. The Kier molecular flexibility index (Phi) is 8.32. The molecule has 5 rings (SSSR count). The van der Waals surface area contributed by atoms with Crippen molar-refractivity contribution in [2.45, 2.75) is 37.5 Å². The molecule has 1 amide bonds. The summed E-state index contributed by atoms with van der Waals surface area (Å²) in [7, 11) is 8.35. The van der Waals surface area contributed by atoms with Crippen molar-refractivity contribution in [1.82, 2.24) is 14.9 Å². The number of rotatable bonds is 11. The lowest BCUT2D eigenvalue weighted by atomic mass is 10.00. The van der Waals surface area contributed by atoms with Gasteiger partial charge in [0.1, 0.15) is 29.2 Å². The average Bonchev–Trinajstić information content (AvgIpc) is 3.80. The van der Waals surface area contributed by atoms with E-state index in [1.807, 2.05) is 51.0 Å². The Bertz CT molecular complexity index is 1480. The van der Waals surface area contributed by atoms with Crippen molar-refractivity contribution in [3.05, 3.63) is 30.3 Å². The van der Waals surface area contributed by atoms with E-state index in [0.717, 1.165) is 44.4 Å². The maximum Gasteiger partial charge on any atom is 0.213 e. The van der Waals surface area contributed by atoms with E-state index in [-0.39, 0.29) is 16.9 Å². The zero-order valence-electron chi connectivity index (χ0n) is 24.5. The highest BCUT2D eigenvalue weighted by Gasteiger charge is 2.32. The van der Waals surface area contributed by atoms with Gasteiger partial charge in [-0.25, -0.2) is 13.6 Å². The summed E-state index contributed by atoms with van der Waals surface area (Å²) in [6, 6.07) is 3.14. The summed E-state index contributed by atoms with van der Waals surface area (Å²) >= 11 is 0. The van der Waals surface area contributed by atoms with Gasteiger partial charge in [0, 0.05) is 45.5 Å². The van der Waals surface area contributed by atoms with Crippen LogP contribution in [0.15, 0.2) is 24.5 Å². The molecule has 0 radical (unpaired) electrons. The smallest absolute Gasteiger partial charge is 0.213 e. The SMILES string of the molecule is CC1COc2c(-c3cnc(N(C)CCCN(C)C)c(NS(=O)C4CC4)c3)c(F)cc3ncc(N(C)C=O)c(c23)N1C. The molecule has 0 saturated heterocycles. The van der Waals surface area contributed by atoms with Crippen LogP contribution in [0.3, 0.4) is 0 Å². The number of anilines is 4. The van der Waals surface area contributed by atoms with Gasteiger partial charge in [-0.15, -0.1) is 0 Å². The quantitative estimate of drug-likeness (QED) is 0.340. The van der Waals surface area contributed by atoms with Crippen LogP contribution in [-0.2, 0) is 15.8 Å². The monoisotopic (exact) mass is 583 g/mol. The Morgan fingerprint density at radius 3 is 2.61 bits per heavy atom. The predicted molar refractivity (Wildman–Crippen MR) is 164 cm³/mol. The second-order valence-electron chi connectivity index (χ2n) is 11.2. The average molecular weight is 584 g/mol. The number of likely N-dealkylation sites (N-methyl/N-ethyl adjacent to an activating group) is 1. The first-order valence-corrected chi connectivity index (χ1v) is 15.0.